The predicted molar refractivity (Wildman–Crippen MR) is 189 cm³/mol. The van der Waals surface area contributed by atoms with Gasteiger partial charge in [0, 0.05) is 10.9 Å². The Kier molecular flexibility index (Phi) is 3.18. The molecular formula is C45H26O. The summed E-state index contributed by atoms with van der Waals surface area (Å²) < 4.78 is 101. The highest BCUT2D eigenvalue weighted by Crippen LogP contribution is 2.62. The third kappa shape index (κ3) is 2.91. The molecule has 1 heterocycles. The zero-order chi connectivity index (χ0) is 38.7. The largest absolute Gasteiger partial charge is 0.456 e. The molecular weight excluding hydrogens is 556 g/mol. The number of rotatable bonds is 1. The van der Waals surface area contributed by atoms with Crippen LogP contribution in [-0.4, -0.2) is 0 Å². The van der Waals surface area contributed by atoms with Gasteiger partial charge < -0.3 is 4.74 Å². The Morgan fingerprint density at radius 1 is 0.413 bits per heavy atom. The van der Waals surface area contributed by atoms with Crippen molar-refractivity contribution in [1.29, 1.82) is 0 Å². The van der Waals surface area contributed by atoms with Gasteiger partial charge in [-0.15, -0.1) is 0 Å². The van der Waals surface area contributed by atoms with E-state index in [-0.39, 0.29) is 74.9 Å². The van der Waals surface area contributed by atoms with Gasteiger partial charge in [0.1, 0.15) is 11.5 Å². The molecule has 2 aliphatic carbocycles. The van der Waals surface area contributed by atoms with Gasteiger partial charge in [-0.1, -0.05) is 133 Å². The molecule has 1 heteroatoms. The number of ether oxygens (including phenoxy) is 1. The van der Waals surface area contributed by atoms with Crippen LogP contribution >= 0.6 is 0 Å². The van der Waals surface area contributed by atoms with Crippen LogP contribution in [0, 0.1) is 0 Å². The summed E-state index contributed by atoms with van der Waals surface area (Å²) in [6, 6.07) is 26.6. The second-order valence-corrected chi connectivity index (χ2v) is 12.0. The van der Waals surface area contributed by atoms with Crippen molar-refractivity contribution in [3.8, 4) is 56.0 Å². The summed E-state index contributed by atoms with van der Waals surface area (Å²) in [6.45, 7) is 0. The average molecular weight is 593 g/mol. The second kappa shape index (κ2) is 8.62. The van der Waals surface area contributed by atoms with E-state index in [0.29, 0.717) is 22.4 Å². The fourth-order valence-corrected chi connectivity index (χ4v) is 8.01. The molecule has 0 fully saturated rings. The molecule has 1 nitrogen and oxygen atoms in total. The number of fused-ring (bicyclic) bond motifs is 11. The minimum Gasteiger partial charge on any atom is -0.456 e. The standard InChI is InChI=1S/C45H26O/c1-3-17-37-31(13-1)33-23-21-30(29-22-24-41-36(25-29)35-16-6-10-28-12-8-20-42(46-41)44(28)35)26-40(33)45(37)38-18-4-2-14-32(38)34-15-5-9-27-11-7-19-39(45)43(27)34/h1-26H/i1D,3D,13D,17D,21D,22D,23D,24D,25D,26D. The summed E-state index contributed by atoms with van der Waals surface area (Å²) in [4.78, 5) is 0. The van der Waals surface area contributed by atoms with Crippen molar-refractivity contribution < 1.29 is 18.4 Å². The van der Waals surface area contributed by atoms with Crippen LogP contribution in [0.15, 0.2) is 157 Å². The summed E-state index contributed by atoms with van der Waals surface area (Å²) in [7, 11) is 0. The molecule has 0 bridgehead atoms. The average Bonchev–Trinajstić information content (AvgIpc) is 3.53. The van der Waals surface area contributed by atoms with Crippen molar-refractivity contribution in [1.82, 2.24) is 0 Å². The first-order valence-electron chi connectivity index (χ1n) is 20.2. The van der Waals surface area contributed by atoms with Gasteiger partial charge in [-0.05, 0) is 102 Å². The fourth-order valence-electron chi connectivity index (χ4n) is 8.01. The molecule has 0 saturated carbocycles. The smallest absolute Gasteiger partial charge is 0.135 e. The number of hydrogen-bond donors (Lipinski definition) is 0. The van der Waals surface area contributed by atoms with Gasteiger partial charge in [0.15, 0.2) is 0 Å². The molecule has 1 aliphatic heterocycles. The third-order valence-corrected chi connectivity index (χ3v) is 9.81. The van der Waals surface area contributed by atoms with Crippen molar-refractivity contribution in [2.75, 3.05) is 0 Å². The Morgan fingerprint density at radius 2 is 1.07 bits per heavy atom. The first kappa shape index (κ1) is 17.0. The van der Waals surface area contributed by atoms with E-state index in [2.05, 4.69) is 0 Å². The molecule has 46 heavy (non-hydrogen) atoms. The maximum Gasteiger partial charge on any atom is 0.135 e. The first-order chi connectivity index (χ1) is 27.0. The van der Waals surface area contributed by atoms with E-state index in [1.54, 1.807) is 6.07 Å². The predicted octanol–water partition coefficient (Wildman–Crippen LogP) is 11.8. The molecule has 0 N–H and O–H groups in total. The van der Waals surface area contributed by atoms with Crippen LogP contribution in [0.1, 0.15) is 36.0 Å². The quantitative estimate of drug-likeness (QED) is 0.184. The molecule has 0 aromatic heterocycles. The zero-order valence-corrected chi connectivity index (χ0v) is 24.1. The SMILES string of the molecule is [2H]c1c([2H])c([2H])c2c(c1[2H])-c1c([2H])c([2H])c(-c3c([2H])c([2H])c4c(c3[2H])-c3cccc5cccc(c35)O4)c([2H])c1C21c2ccccc2-c2cccc3cccc1c23. The van der Waals surface area contributed by atoms with Gasteiger partial charge in [0.2, 0.25) is 0 Å². The van der Waals surface area contributed by atoms with Crippen LogP contribution in [0.2, 0.25) is 0 Å². The fraction of sp³-hybridized carbons (Fsp3) is 0.0222. The molecule has 11 rings (SSSR count). The second-order valence-electron chi connectivity index (χ2n) is 12.0. The Bertz CT molecular complexity index is 3180. The highest BCUT2D eigenvalue weighted by Gasteiger charge is 2.50. The summed E-state index contributed by atoms with van der Waals surface area (Å²) in [5.41, 5.74) is 2.38. The van der Waals surface area contributed by atoms with Gasteiger partial charge in [-0.25, -0.2) is 0 Å². The Hall–Kier alpha value is -5.92. The lowest BCUT2D eigenvalue weighted by Crippen LogP contribution is -2.31. The van der Waals surface area contributed by atoms with E-state index < -0.39 is 35.6 Å². The van der Waals surface area contributed by atoms with E-state index in [4.69, 9.17) is 7.48 Å². The highest BCUT2D eigenvalue weighted by atomic mass is 16.5. The topological polar surface area (TPSA) is 9.23 Å². The van der Waals surface area contributed by atoms with Crippen LogP contribution in [0.5, 0.6) is 11.5 Å². The molecule has 8 aromatic carbocycles. The van der Waals surface area contributed by atoms with E-state index in [1.807, 2.05) is 91.0 Å². The highest BCUT2D eigenvalue weighted by molar-refractivity contribution is 6.07. The summed E-state index contributed by atoms with van der Waals surface area (Å²) in [5, 5.41) is 3.29. The molecule has 212 valence electrons. The molecule has 0 radical (unpaired) electrons. The molecule has 1 spiro atoms. The monoisotopic (exact) mass is 592 g/mol. The lowest BCUT2D eigenvalue weighted by atomic mass is 9.61. The van der Waals surface area contributed by atoms with E-state index in [0.717, 1.165) is 32.7 Å². The maximum atomic E-state index is 10.3. The van der Waals surface area contributed by atoms with E-state index in [9.17, 15) is 11.0 Å². The normalized spacial score (nSPS) is 19.1. The first-order valence-corrected chi connectivity index (χ1v) is 15.2. The lowest BCUT2D eigenvalue weighted by molar-refractivity contribution is 0.487. The minimum atomic E-state index is -1.57. The van der Waals surface area contributed by atoms with Gasteiger partial charge in [0.25, 0.3) is 0 Å². The van der Waals surface area contributed by atoms with Crippen molar-refractivity contribution >= 4 is 21.5 Å². The Labute approximate surface area is 281 Å². The van der Waals surface area contributed by atoms with Gasteiger partial charge in [-0.2, -0.15) is 0 Å². The molecule has 8 aromatic rings. The van der Waals surface area contributed by atoms with Crippen molar-refractivity contribution in [3.05, 3.63) is 180 Å². The summed E-state index contributed by atoms with van der Waals surface area (Å²) in [6.07, 6.45) is 0. The lowest BCUT2D eigenvalue weighted by Gasteiger charge is -2.40. The zero-order valence-electron chi connectivity index (χ0n) is 34.1. The number of benzene rings is 8. The maximum absolute atomic E-state index is 10.3. The molecule has 0 amide bonds. The van der Waals surface area contributed by atoms with E-state index in [1.165, 1.54) is 0 Å². The van der Waals surface area contributed by atoms with Crippen molar-refractivity contribution in [2.45, 2.75) is 5.41 Å². The minimum absolute atomic E-state index is 0.0253. The van der Waals surface area contributed by atoms with Crippen LogP contribution in [-0.2, 0) is 5.41 Å². The van der Waals surface area contributed by atoms with Crippen LogP contribution in [0.25, 0.3) is 66.1 Å². The summed E-state index contributed by atoms with van der Waals surface area (Å²) >= 11 is 0. The van der Waals surface area contributed by atoms with Crippen LogP contribution in [0.3, 0.4) is 0 Å². The van der Waals surface area contributed by atoms with Crippen molar-refractivity contribution in [3.63, 3.8) is 0 Å². The van der Waals surface area contributed by atoms with E-state index >= 15 is 0 Å². The molecule has 0 saturated heterocycles. The molecule has 1 unspecified atom stereocenters. The van der Waals surface area contributed by atoms with Gasteiger partial charge in [-0.3, -0.25) is 0 Å². The Balaban J connectivity index is 1.35. The molecule has 1 atom stereocenters. The van der Waals surface area contributed by atoms with Crippen LogP contribution in [0.4, 0.5) is 0 Å². The summed E-state index contributed by atoms with van der Waals surface area (Å²) in [5.74, 6) is 0.515. The number of hydrogen-bond acceptors (Lipinski definition) is 1. The van der Waals surface area contributed by atoms with Crippen LogP contribution < -0.4 is 4.74 Å². The molecule has 3 aliphatic rings. The van der Waals surface area contributed by atoms with Gasteiger partial charge >= 0.3 is 0 Å². The van der Waals surface area contributed by atoms with Crippen molar-refractivity contribution in [2.24, 2.45) is 0 Å². The third-order valence-electron chi connectivity index (χ3n) is 9.81. The Morgan fingerprint density at radius 3 is 1.96 bits per heavy atom. The van der Waals surface area contributed by atoms with Gasteiger partial charge in [0.05, 0.1) is 19.1 Å².